The molecule has 2 N–H and O–H groups in total. The molecule has 5 heteroatoms. The fourth-order valence-corrected chi connectivity index (χ4v) is 3.83. The van der Waals surface area contributed by atoms with E-state index in [4.69, 9.17) is 14.2 Å². The van der Waals surface area contributed by atoms with Crippen molar-refractivity contribution in [3.63, 3.8) is 0 Å². The molecule has 27 heavy (non-hydrogen) atoms. The zero-order chi connectivity index (χ0) is 19.2. The molecule has 2 aromatic rings. The van der Waals surface area contributed by atoms with Gasteiger partial charge >= 0.3 is 0 Å². The second kappa shape index (κ2) is 9.11. The molecule has 0 bridgehead atoms. The Morgan fingerprint density at radius 3 is 1.63 bits per heavy atom. The molecule has 1 aliphatic rings. The van der Waals surface area contributed by atoms with Crippen LogP contribution in [0.3, 0.4) is 0 Å². The molecular formula is C22H32N2O3+2. The Hall–Kier alpha value is -2.24. The number of hydrogen-bond donors (Lipinski definition) is 2. The molecule has 0 amide bonds. The highest BCUT2D eigenvalue weighted by Gasteiger charge is 2.24. The highest BCUT2D eigenvalue weighted by atomic mass is 16.5. The molecule has 1 saturated heterocycles. The number of aryl methyl sites for hydroxylation is 1. The van der Waals surface area contributed by atoms with Crippen LogP contribution < -0.4 is 24.0 Å². The molecule has 146 valence electrons. The average Bonchev–Trinajstić information content (AvgIpc) is 2.70. The molecule has 0 spiro atoms. The van der Waals surface area contributed by atoms with Crippen molar-refractivity contribution in [2.24, 2.45) is 0 Å². The van der Waals surface area contributed by atoms with Crippen LogP contribution in [0.5, 0.6) is 17.2 Å². The lowest BCUT2D eigenvalue weighted by molar-refractivity contribution is -1.02. The van der Waals surface area contributed by atoms with Crippen LogP contribution in [0.1, 0.15) is 16.7 Å². The van der Waals surface area contributed by atoms with Gasteiger partial charge in [0.15, 0.2) is 11.5 Å². The molecule has 1 heterocycles. The highest BCUT2D eigenvalue weighted by molar-refractivity contribution is 5.53. The third kappa shape index (κ3) is 4.93. The Labute approximate surface area is 162 Å². The number of methoxy groups -OCH3 is 3. The Morgan fingerprint density at radius 1 is 0.704 bits per heavy atom. The summed E-state index contributed by atoms with van der Waals surface area (Å²) in [7, 11) is 4.98. The van der Waals surface area contributed by atoms with Crippen molar-refractivity contribution < 1.29 is 24.0 Å². The van der Waals surface area contributed by atoms with Crippen LogP contribution in [0.25, 0.3) is 0 Å². The number of nitrogens with one attached hydrogen (secondary N) is 2. The maximum Gasteiger partial charge on any atom is 0.203 e. The summed E-state index contributed by atoms with van der Waals surface area (Å²) in [6.07, 6.45) is 0. The summed E-state index contributed by atoms with van der Waals surface area (Å²) in [6.45, 7) is 9.01. The largest absolute Gasteiger partial charge is 0.493 e. The predicted molar refractivity (Wildman–Crippen MR) is 106 cm³/mol. The average molecular weight is 373 g/mol. The van der Waals surface area contributed by atoms with Gasteiger partial charge in [0.05, 0.1) is 21.3 Å². The summed E-state index contributed by atoms with van der Waals surface area (Å²) in [4.78, 5) is 3.28. The number of quaternary nitrogens is 2. The lowest BCUT2D eigenvalue weighted by Gasteiger charge is -2.30. The van der Waals surface area contributed by atoms with E-state index in [2.05, 4.69) is 43.3 Å². The summed E-state index contributed by atoms with van der Waals surface area (Å²) in [5, 5.41) is 0. The van der Waals surface area contributed by atoms with E-state index in [-0.39, 0.29) is 0 Å². The number of hydrogen-bond acceptors (Lipinski definition) is 3. The van der Waals surface area contributed by atoms with Crippen molar-refractivity contribution >= 4 is 0 Å². The van der Waals surface area contributed by atoms with Crippen LogP contribution in [0.4, 0.5) is 0 Å². The van der Waals surface area contributed by atoms with E-state index in [0.29, 0.717) is 5.75 Å². The van der Waals surface area contributed by atoms with Crippen LogP contribution in [-0.4, -0.2) is 47.5 Å². The normalized spacial score (nSPS) is 19.6. The first-order valence-electron chi connectivity index (χ1n) is 9.64. The molecule has 5 nitrogen and oxygen atoms in total. The zero-order valence-electron chi connectivity index (χ0n) is 16.9. The standard InChI is InChI=1S/C22H30N2O3/c1-17-5-7-18(8-6-17)15-23-9-11-24(12-10-23)16-19-13-20(25-2)22(27-4)21(14-19)26-3/h5-8,13-14H,9-12,15-16H2,1-4H3/p+2. The van der Waals surface area contributed by atoms with Gasteiger partial charge in [-0.3, -0.25) is 0 Å². The van der Waals surface area contributed by atoms with Gasteiger partial charge in [0.25, 0.3) is 0 Å². The summed E-state index contributed by atoms with van der Waals surface area (Å²) < 4.78 is 16.4. The highest BCUT2D eigenvalue weighted by Crippen LogP contribution is 2.37. The molecule has 1 fully saturated rings. The van der Waals surface area contributed by atoms with Crippen molar-refractivity contribution in [1.82, 2.24) is 0 Å². The van der Waals surface area contributed by atoms with Gasteiger partial charge in [-0.15, -0.1) is 0 Å². The fraction of sp³-hybridized carbons (Fsp3) is 0.455. The smallest absolute Gasteiger partial charge is 0.203 e. The van der Waals surface area contributed by atoms with Crippen LogP contribution >= 0.6 is 0 Å². The van der Waals surface area contributed by atoms with E-state index in [9.17, 15) is 0 Å². The number of benzene rings is 2. The summed E-state index contributed by atoms with van der Waals surface area (Å²) >= 11 is 0. The quantitative estimate of drug-likeness (QED) is 0.743. The van der Waals surface area contributed by atoms with Gasteiger partial charge in [-0.05, 0) is 19.1 Å². The van der Waals surface area contributed by atoms with Crippen LogP contribution in [0, 0.1) is 6.92 Å². The number of rotatable bonds is 7. The third-order valence-electron chi connectivity index (χ3n) is 5.42. The van der Waals surface area contributed by atoms with E-state index in [1.165, 1.54) is 42.9 Å². The number of ether oxygens (including phenoxy) is 3. The maximum absolute atomic E-state index is 5.48. The molecule has 3 rings (SSSR count). The second-order valence-electron chi connectivity index (χ2n) is 7.37. The monoisotopic (exact) mass is 372 g/mol. The Balaban J connectivity index is 1.58. The van der Waals surface area contributed by atoms with E-state index < -0.39 is 0 Å². The van der Waals surface area contributed by atoms with Crippen LogP contribution in [-0.2, 0) is 13.1 Å². The lowest BCUT2D eigenvalue weighted by Crippen LogP contribution is -3.27. The van der Waals surface area contributed by atoms with Crippen LogP contribution in [0.2, 0.25) is 0 Å². The first-order chi connectivity index (χ1) is 13.1. The lowest BCUT2D eigenvalue weighted by atomic mass is 10.1. The van der Waals surface area contributed by atoms with Gasteiger partial charge in [-0.25, -0.2) is 0 Å². The molecule has 1 aliphatic heterocycles. The Morgan fingerprint density at radius 2 is 1.19 bits per heavy atom. The minimum atomic E-state index is 0.658. The van der Waals surface area contributed by atoms with Crippen molar-refractivity contribution in [1.29, 1.82) is 0 Å². The molecule has 0 atom stereocenters. The molecule has 0 radical (unpaired) electrons. The second-order valence-corrected chi connectivity index (χ2v) is 7.37. The van der Waals surface area contributed by atoms with Gasteiger partial charge in [-0.1, -0.05) is 29.8 Å². The first-order valence-corrected chi connectivity index (χ1v) is 9.64. The predicted octanol–water partition coefficient (Wildman–Crippen LogP) is 0.504. The van der Waals surface area contributed by atoms with Crippen molar-refractivity contribution in [2.75, 3.05) is 47.5 Å². The molecule has 0 unspecified atom stereocenters. The Kier molecular flexibility index (Phi) is 6.58. The molecule has 0 aliphatic carbocycles. The van der Waals surface area contributed by atoms with Crippen molar-refractivity contribution in [2.45, 2.75) is 20.0 Å². The van der Waals surface area contributed by atoms with E-state index >= 15 is 0 Å². The van der Waals surface area contributed by atoms with Gasteiger partial charge in [0.2, 0.25) is 5.75 Å². The molecule has 2 aromatic carbocycles. The maximum atomic E-state index is 5.48. The molecule has 0 aromatic heterocycles. The van der Waals surface area contributed by atoms with E-state index in [0.717, 1.165) is 24.6 Å². The molecule has 0 saturated carbocycles. The van der Waals surface area contributed by atoms with Crippen LogP contribution in [0.15, 0.2) is 36.4 Å². The summed E-state index contributed by atoms with van der Waals surface area (Å²) in [5.74, 6) is 2.12. The minimum Gasteiger partial charge on any atom is -0.493 e. The Bertz CT molecular complexity index is 713. The van der Waals surface area contributed by atoms with Crippen molar-refractivity contribution in [3.05, 3.63) is 53.1 Å². The van der Waals surface area contributed by atoms with Gasteiger partial charge in [0, 0.05) is 11.1 Å². The minimum absolute atomic E-state index is 0.658. The first kappa shape index (κ1) is 19.5. The topological polar surface area (TPSA) is 36.6 Å². The fourth-order valence-electron chi connectivity index (χ4n) is 3.83. The van der Waals surface area contributed by atoms with Gasteiger partial charge in [-0.2, -0.15) is 0 Å². The van der Waals surface area contributed by atoms with E-state index in [1.807, 2.05) is 0 Å². The molecular weight excluding hydrogens is 340 g/mol. The van der Waals surface area contributed by atoms with Gasteiger partial charge < -0.3 is 24.0 Å². The summed E-state index contributed by atoms with van der Waals surface area (Å²) in [5.41, 5.74) is 3.98. The third-order valence-corrected chi connectivity index (χ3v) is 5.42. The summed E-state index contributed by atoms with van der Waals surface area (Å²) in [6, 6.07) is 13.1. The number of piperazine rings is 1. The van der Waals surface area contributed by atoms with Gasteiger partial charge in [0.1, 0.15) is 39.3 Å². The zero-order valence-corrected chi connectivity index (χ0v) is 16.9. The SMILES string of the molecule is COc1cc(C[NH+]2CC[NH+](Cc3ccc(C)cc3)CC2)cc(OC)c1OC. The van der Waals surface area contributed by atoms with E-state index in [1.54, 1.807) is 31.1 Å². The van der Waals surface area contributed by atoms with Crippen molar-refractivity contribution in [3.8, 4) is 17.2 Å².